The second-order valence-corrected chi connectivity index (χ2v) is 8.77. The van der Waals surface area contributed by atoms with Crippen LogP contribution in [0.25, 0.3) is 22.2 Å². The number of likely N-dealkylation sites (tertiary alicyclic amines) is 1. The number of piperidine rings is 1. The number of H-pyrrole nitrogens is 1. The Morgan fingerprint density at radius 3 is 2.58 bits per heavy atom. The lowest BCUT2D eigenvalue weighted by molar-refractivity contribution is -0.131. The van der Waals surface area contributed by atoms with Gasteiger partial charge < -0.3 is 20.5 Å². The van der Waals surface area contributed by atoms with E-state index in [1.165, 1.54) is 0 Å². The molecule has 0 radical (unpaired) electrons. The van der Waals surface area contributed by atoms with Crippen molar-refractivity contribution in [2.24, 2.45) is 5.92 Å². The standard InChI is InChI=1S/C25H26N6O2/c26-11-7-23(32)31-13-9-19(10-14-31)28-18-5-3-16(4-6-18)21-15-22(30-25(33)17-1-2-17)29-24-20(21)8-12-27-24/h3-6,8,12,15,17,19,28H,1-2,7,9-10,13-14H2,(H2,27,29,30,33). The quantitative estimate of drug-likeness (QED) is 0.536. The van der Waals surface area contributed by atoms with Crippen molar-refractivity contribution in [3.63, 3.8) is 0 Å². The Morgan fingerprint density at radius 1 is 1.12 bits per heavy atom. The number of aromatic nitrogens is 2. The van der Waals surface area contributed by atoms with Crippen LogP contribution in [-0.4, -0.2) is 45.8 Å². The highest BCUT2D eigenvalue weighted by atomic mass is 16.2. The van der Waals surface area contributed by atoms with E-state index in [1.54, 1.807) is 4.90 Å². The fraction of sp³-hybridized carbons (Fsp3) is 0.360. The number of benzene rings is 1. The van der Waals surface area contributed by atoms with Crippen LogP contribution in [-0.2, 0) is 9.59 Å². The van der Waals surface area contributed by atoms with E-state index in [0.717, 1.165) is 53.5 Å². The minimum atomic E-state index is -0.0820. The zero-order valence-electron chi connectivity index (χ0n) is 18.3. The van der Waals surface area contributed by atoms with Gasteiger partial charge in [0.25, 0.3) is 0 Å². The molecule has 2 amide bonds. The number of hydrogen-bond acceptors (Lipinski definition) is 5. The van der Waals surface area contributed by atoms with Crippen molar-refractivity contribution in [3.8, 4) is 17.2 Å². The Bertz CT molecular complexity index is 1210. The van der Waals surface area contributed by atoms with Crippen LogP contribution in [0.15, 0.2) is 42.6 Å². The first-order valence-electron chi connectivity index (χ1n) is 11.4. The van der Waals surface area contributed by atoms with Gasteiger partial charge in [-0.3, -0.25) is 9.59 Å². The van der Waals surface area contributed by atoms with Gasteiger partial charge in [0, 0.05) is 42.3 Å². The number of carbonyl (C=O) groups excluding carboxylic acids is 2. The lowest BCUT2D eigenvalue weighted by Gasteiger charge is -2.32. The summed E-state index contributed by atoms with van der Waals surface area (Å²) in [7, 11) is 0. The number of rotatable bonds is 6. The maximum absolute atomic E-state index is 12.2. The molecule has 3 heterocycles. The smallest absolute Gasteiger partial charge is 0.236 e. The monoisotopic (exact) mass is 442 g/mol. The highest BCUT2D eigenvalue weighted by Gasteiger charge is 2.30. The van der Waals surface area contributed by atoms with E-state index in [4.69, 9.17) is 5.26 Å². The van der Waals surface area contributed by atoms with Crippen LogP contribution >= 0.6 is 0 Å². The molecule has 1 aliphatic heterocycles. The van der Waals surface area contributed by atoms with E-state index in [2.05, 4.69) is 44.9 Å². The molecule has 33 heavy (non-hydrogen) atoms. The SMILES string of the molecule is N#CCC(=O)N1CCC(Nc2ccc(-c3cc(NC(=O)C4CC4)nc4[nH]ccc34)cc2)CC1. The molecule has 8 heteroatoms. The van der Waals surface area contributed by atoms with Gasteiger partial charge in [-0.05, 0) is 61.1 Å². The maximum Gasteiger partial charge on any atom is 0.236 e. The fourth-order valence-corrected chi connectivity index (χ4v) is 4.35. The summed E-state index contributed by atoms with van der Waals surface area (Å²) < 4.78 is 0. The molecule has 168 valence electrons. The number of carbonyl (C=O) groups is 2. The third-order valence-corrected chi connectivity index (χ3v) is 6.37. The molecule has 3 aromatic rings. The summed E-state index contributed by atoms with van der Waals surface area (Å²) in [5, 5.41) is 16.2. The number of pyridine rings is 1. The highest BCUT2D eigenvalue weighted by Crippen LogP contribution is 2.33. The molecule has 0 atom stereocenters. The van der Waals surface area contributed by atoms with Crippen molar-refractivity contribution in [2.45, 2.75) is 38.1 Å². The van der Waals surface area contributed by atoms with Gasteiger partial charge in [-0.1, -0.05) is 12.1 Å². The van der Waals surface area contributed by atoms with Crippen molar-refractivity contribution in [3.05, 3.63) is 42.6 Å². The summed E-state index contributed by atoms with van der Waals surface area (Å²) in [6.45, 7) is 1.35. The van der Waals surface area contributed by atoms with Crippen molar-refractivity contribution in [1.29, 1.82) is 5.26 Å². The first-order chi connectivity index (χ1) is 16.1. The number of nitrogens with zero attached hydrogens (tertiary/aromatic N) is 3. The summed E-state index contributed by atoms with van der Waals surface area (Å²) in [5.74, 6) is 0.647. The molecule has 2 aromatic heterocycles. The average molecular weight is 443 g/mol. The number of nitrogens with one attached hydrogen (secondary N) is 3. The first-order valence-corrected chi connectivity index (χ1v) is 11.4. The van der Waals surface area contributed by atoms with Gasteiger partial charge >= 0.3 is 0 Å². The summed E-state index contributed by atoms with van der Waals surface area (Å²) in [6.07, 6.45) is 5.43. The summed E-state index contributed by atoms with van der Waals surface area (Å²) in [5.41, 5.74) is 3.84. The second kappa shape index (κ2) is 8.94. The van der Waals surface area contributed by atoms with Gasteiger partial charge in [0.15, 0.2) is 0 Å². The van der Waals surface area contributed by atoms with Crippen LogP contribution in [0.5, 0.6) is 0 Å². The topological polar surface area (TPSA) is 114 Å². The van der Waals surface area contributed by atoms with Crippen molar-refractivity contribution in [1.82, 2.24) is 14.9 Å². The number of fused-ring (bicyclic) bond motifs is 1. The number of anilines is 2. The van der Waals surface area contributed by atoms with Crippen LogP contribution in [0.2, 0.25) is 0 Å². The minimum Gasteiger partial charge on any atom is -0.382 e. The van der Waals surface area contributed by atoms with E-state index in [1.807, 2.05) is 24.4 Å². The van der Waals surface area contributed by atoms with E-state index >= 15 is 0 Å². The molecular weight excluding hydrogens is 416 g/mol. The second-order valence-electron chi connectivity index (χ2n) is 8.77. The van der Waals surface area contributed by atoms with E-state index in [-0.39, 0.29) is 24.2 Å². The molecule has 1 saturated carbocycles. The molecule has 2 fully saturated rings. The molecule has 0 spiro atoms. The van der Waals surface area contributed by atoms with Crippen LogP contribution in [0.3, 0.4) is 0 Å². The molecule has 0 bridgehead atoms. The Hall–Kier alpha value is -3.86. The Labute approximate surface area is 192 Å². The molecule has 3 N–H and O–H groups in total. The normalized spacial score (nSPS) is 16.4. The number of amides is 2. The summed E-state index contributed by atoms with van der Waals surface area (Å²) >= 11 is 0. The third kappa shape index (κ3) is 4.67. The lowest BCUT2D eigenvalue weighted by Crippen LogP contribution is -2.42. The predicted molar refractivity (Wildman–Crippen MR) is 126 cm³/mol. The average Bonchev–Trinajstić information content (AvgIpc) is 3.58. The van der Waals surface area contributed by atoms with Crippen LogP contribution in [0, 0.1) is 17.2 Å². The van der Waals surface area contributed by atoms with Crippen molar-refractivity contribution < 1.29 is 9.59 Å². The van der Waals surface area contributed by atoms with Gasteiger partial charge in [-0.2, -0.15) is 5.26 Å². The minimum absolute atomic E-state index is 0.0410. The van der Waals surface area contributed by atoms with Crippen LogP contribution in [0.4, 0.5) is 11.5 Å². The maximum atomic E-state index is 12.2. The van der Waals surface area contributed by atoms with Gasteiger partial charge in [0.1, 0.15) is 17.9 Å². The molecule has 8 nitrogen and oxygen atoms in total. The van der Waals surface area contributed by atoms with Gasteiger partial charge in [0.2, 0.25) is 11.8 Å². The largest absolute Gasteiger partial charge is 0.382 e. The Kier molecular flexibility index (Phi) is 5.69. The third-order valence-electron chi connectivity index (χ3n) is 6.37. The van der Waals surface area contributed by atoms with Crippen molar-refractivity contribution in [2.75, 3.05) is 23.7 Å². The Balaban J connectivity index is 1.28. The van der Waals surface area contributed by atoms with Crippen LogP contribution in [0.1, 0.15) is 32.1 Å². The van der Waals surface area contributed by atoms with Crippen LogP contribution < -0.4 is 10.6 Å². The number of nitriles is 1. The lowest BCUT2D eigenvalue weighted by atomic mass is 10.0. The zero-order valence-corrected chi connectivity index (χ0v) is 18.3. The van der Waals surface area contributed by atoms with Crippen molar-refractivity contribution >= 4 is 34.4 Å². The van der Waals surface area contributed by atoms with Gasteiger partial charge in [0.05, 0.1) is 6.07 Å². The first kappa shape index (κ1) is 21.0. The number of aromatic amines is 1. The molecule has 0 unspecified atom stereocenters. The van der Waals surface area contributed by atoms with Gasteiger partial charge in [-0.15, -0.1) is 0 Å². The molecule has 5 rings (SSSR count). The molecule has 1 aromatic carbocycles. The fourth-order valence-electron chi connectivity index (χ4n) is 4.35. The molecule has 1 aliphatic carbocycles. The zero-order chi connectivity index (χ0) is 22.8. The van der Waals surface area contributed by atoms with E-state index < -0.39 is 0 Å². The van der Waals surface area contributed by atoms with E-state index in [9.17, 15) is 9.59 Å². The molecule has 1 saturated heterocycles. The highest BCUT2D eigenvalue weighted by molar-refractivity contribution is 5.99. The summed E-state index contributed by atoms with van der Waals surface area (Å²) in [6, 6.07) is 14.4. The van der Waals surface area contributed by atoms with E-state index in [0.29, 0.717) is 24.9 Å². The summed E-state index contributed by atoms with van der Waals surface area (Å²) in [4.78, 5) is 33.6. The molecular formula is C25H26N6O2. The predicted octanol–water partition coefficient (Wildman–Crippen LogP) is 3.89. The molecule has 2 aliphatic rings. The van der Waals surface area contributed by atoms with Gasteiger partial charge in [-0.25, -0.2) is 4.98 Å². The number of hydrogen-bond donors (Lipinski definition) is 3. The Morgan fingerprint density at radius 2 is 1.88 bits per heavy atom.